The number of thiophene rings is 1. The smallest absolute Gasteiger partial charge is 0.328 e. The van der Waals surface area contributed by atoms with Crippen LogP contribution in [0.15, 0.2) is 39.9 Å². The Morgan fingerprint density at radius 2 is 1.95 bits per heavy atom. The third kappa shape index (κ3) is 5.92. The Labute approximate surface area is 133 Å². The molecule has 8 heteroatoms. The molecule has 0 aliphatic heterocycles. The van der Waals surface area contributed by atoms with Crippen molar-refractivity contribution >= 4 is 39.2 Å². The number of carboxylic acids is 2. The summed E-state index contributed by atoms with van der Waals surface area (Å²) < 4.78 is 1.18. The Bertz CT molecular complexity index is 606. The first-order valence-corrected chi connectivity index (χ1v) is 7.49. The first kappa shape index (κ1) is 17.1. The molecule has 1 unspecified atom stereocenters. The molecule has 0 saturated heterocycles. The van der Waals surface area contributed by atoms with E-state index in [0.717, 1.165) is 5.69 Å². The first-order valence-electron chi connectivity index (χ1n) is 5.75. The van der Waals surface area contributed by atoms with Crippen molar-refractivity contribution in [1.82, 2.24) is 9.97 Å². The van der Waals surface area contributed by atoms with Gasteiger partial charge in [-0.05, 0) is 26.9 Å². The first-order chi connectivity index (χ1) is 9.91. The lowest BCUT2D eigenvalue weighted by molar-refractivity contribution is -0.134. The lowest BCUT2D eigenvalue weighted by atomic mass is 10.0. The fraction of sp³-hybridized carbons (Fsp3) is 0.154. The summed E-state index contributed by atoms with van der Waals surface area (Å²) in [6.07, 6.45) is 4.70. The van der Waals surface area contributed by atoms with Crippen molar-refractivity contribution in [1.29, 1.82) is 0 Å². The predicted octanol–water partition coefficient (Wildman–Crippen LogP) is 3.10. The largest absolute Gasteiger partial charge is 0.478 e. The molecule has 0 aromatic carbocycles. The molecular weight excluding hydrogens is 360 g/mol. The van der Waals surface area contributed by atoms with Crippen molar-refractivity contribution in [2.24, 2.45) is 0 Å². The second-order valence-electron chi connectivity index (χ2n) is 3.91. The average molecular weight is 373 g/mol. The van der Waals surface area contributed by atoms with Crippen LogP contribution in [0.4, 0.5) is 0 Å². The number of hydrogen-bond donors (Lipinski definition) is 3. The van der Waals surface area contributed by atoms with Crippen LogP contribution in [0.3, 0.4) is 0 Å². The van der Waals surface area contributed by atoms with Gasteiger partial charge >= 0.3 is 11.9 Å². The van der Waals surface area contributed by atoms with Crippen LogP contribution in [-0.4, -0.2) is 32.1 Å². The van der Waals surface area contributed by atoms with Crippen LogP contribution in [0.1, 0.15) is 24.1 Å². The molecule has 3 N–H and O–H groups in total. The maximum Gasteiger partial charge on any atom is 0.328 e. The fourth-order valence-corrected chi connectivity index (χ4v) is 3.15. The molecule has 0 amide bonds. The minimum atomic E-state index is -1.26. The molecule has 0 aliphatic rings. The quantitative estimate of drug-likeness (QED) is 0.715. The van der Waals surface area contributed by atoms with Gasteiger partial charge in [0, 0.05) is 39.8 Å². The molecule has 21 heavy (non-hydrogen) atoms. The van der Waals surface area contributed by atoms with Crippen LogP contribution < -0.4 is 0 Å². The number of imidazole rings is 1. The van der Waals surface area contributed by atoms with Gasteiger partial charge in [-0.1, -0.05) is 6.92 Å². The summed E-state index contributed by atoms with van der Waals surface area (Å²) in [6.45, 7) is 2.17. The van der Waals surface area contributed by atoms with Gasteiger partial charge in [0.15, 0.2) is 0 Å². The molecule has 112 valence electrons. The minimum absolute atomic E-state index is 0.378. The normalized spacial score (nSPS) is 11.7. The van der Waals surface area contributed by atoms with Crippen LogP contribution in [0.2, 0.25) is 0 Å². The standard InChI is InChI=1S/C9H9BrN2S.C4H4O4/c1-6(9-2-11-5-12-9)7-3-13-4-8(7)10;5-3(6)1-2-4(7)8/h2-6H,1H3,(H,11,12);1-2H,(H,5,6)(H,7,8)/b;2-1+. The Balaban J connectivity index is 0.000000240. The zero-order chi connectivity index (χ0) is 15.8. The second-order valence-corrected chi connectivity index (χ2v) is 5.51. The highest BCUT2D eigenvalue weighted by molar-refractivity contribution is 9.10. The van der Waals surface area contributed by atoms with E-state index < -0.39 is 11.9 Å². The van der Waals surface area contributed by atoms with E-state index in [2.05, 4.69) is 43.6 Å². The fourth-order valence-electron chi connectivity index (χ4n) is 1.41. The summed E-state index contributed by atoms with van der Waals surface area (Å²) in [5.74, 6) is -2.14. The summed E-state index contributed by atoms with van der Waals surface area (Å²) in [4.78, 5) is 26.2. The van der Waals surface area contributed by atoms with Gasteiger partial charge < -0.3 is 15.2 Å². The number of nitrogens with one attached hydrogen (secondary N) is 1. The van der Waals surface area contributed by atoms with Crippen molar-refractivity contribution in [3.8, 4) is 0 Å². The van der Waals surface area contributed by atoms with E-state index in [1.54, 1.807) is 17.7 Å². The van der Waals surface area contributed by atoms with Crippen LogP contribution in [0.25, 0.3) is 0 Å². The van der Waals surface area contributed by atoms with E-state index in [4.69, 9.17) is 10.2 Å². The Kier molecular flexibility index (Phi) is 6.83. The molecule has 1 atom stereocenters. The third-order valence-electron chi connectivity index (χ3n) is 2.46. The molecule has 0 saturated carbocycles. The molecule has 0 bridgehead atoms. The highest BCUT2D eigenvalue weighted by Gasteiger charge is 2.13. The molecule has 6 nitrogen and oxygen atoms in total. The molecule has 2 aromatic rings. The van der Waals surface area contributed by atoms with Gasteiger partial charge in [0.1, 0.15) is 0 Å². The zero-order valence-electron chi connectivity index (χ0n) is 11.0. The highest BCUT2D eigenvalue weighted by Crippen LogP contribution is 2.31. The van der Waals surface area contributed by atoms with Crippen LogP contribution in [-0.2, 0) is 9.59 Å². The van der Waals surface area contributed by atoms with Crippen LogP contribution >= 0.6 is 27.3 Å². The van der Waals surface area contributed by atoms with Gasteiger partial charge in [0.2, 0.25) is 0 Å². The van der Waals surface area contributed by atoms with E-state index in [-0.39, 0.29) is 0 Å². The topological polar surface area (TPSA) is 103 Å². The van der Waals surface area contributed by atoms with Crippen molar-refractivity contribution in [2.45, 2.75) is 12.8 Å². The average Bonchev–Trinajstić information content (AvgIpc) is 3.07. The van der Waals surface area contributed by atoms with E-state index in [1.165, 1.54) is 10.0 Å². The molecule has 0 fully saturated rings. The molecule has 2 aromatic heterocycles. The number of carboxylic acid groups (broad SMARTS) is 2. The molecule has 0 aliphatic carbocycles. The van der Waals surface area contributed by atoms with E-state index in [9.17, 15) is 9.59 Å². The highest BCUT2D eigenvalue weighted by atomic mass is 79.9. The number of halogens is 1. The van der Waals surface area contributed by atoms with Gasteiger partial charge in [-0.3, -0.25) is 0 Å². The predicted molar refractivity (Wildman–Crippen MR) is 82.5 cm³/mol. The number of aromatic nitrogens is 2. The van der Waals surface area contributed by atoms with Gasteiger partial charge in [-0.25, -0.2) is 14.6 Å². The maximum atomic E-state index is 9.55. The number of aromatic amines is 1. The maximum absolute atomic E-state index is 9.55. The molecule has 0 spiro atoms. The van der Waals surface area contributed by atoms with Crippen molar-refractivity contribution in [2.75, 3.05) is 0 Å². The summed E-state index contributed by atoms with van der Waals surface area (Å²) >= 11 is 5.24. The number of carbonyl (C=O) groups is 2. The van der Waals surface area contributed by atoms with E-state index in [0.29, 0.717) is 18.1 Å². The van der Waals surface area contributed by atoms with Crippen LogP contribution in [0.5, 0.6) is 0 Å². The number of aliphatic carboxylic acids is 2. The molecule has 2 rings (SSSR count). The minimum Gasteiger partial charge on any atom is -0.478 e. The summed E-state index contributed by atoms with van der Waals surface area (Å²) in [7, 11) is 0. The van der Waals surface area contributed by atoms with Crippen LogP contribution in [0, 0.1) is 0 Å². The molecule has 2 heterocycles. The van der Waals surface area contributed by atoms with Crippen molar-refractivity contribution in [3.05, 3.63) is 51.2 Å². The Morgan fingerprint density at radius 1 is 1.33 bits per heavy atom. The number of nitrogens with zero attached hydrogens (tertiary/aromatic N) is 1. The van der Waals surface area contributed by atoms with E-state index in [1.807, 2.05) is 6.20 Å². The van der Waals surface area contributed by atoms with Gasteiger partial charge in [0.05, 0.1) is 6.33 Å². The summed E-state index contributed by atoms with van der Waals surface area (Å²) in [6, 6.07) is 0. The van der Waals surface area contributed by atoms with Crippen molar-refractivity contribution < 1.29 is 19.8 Å². The summed E-state index contributed by atoms with van der Waals surface area (Å²) in [5.41, 5.74) is 2.47. The molecule has 0 radical (unpaired) electrons. The zero-order valence-corrected chi connectivity index (χ0v) is 13.4. The third-order valence-corrected chi connectivity index (χ3v) is 4.21. The number of rotatable bonds is 4. The van der Waals surface area contributed by atoms with Gasteiger partial charge in [0.25, 0.3) is 0 Å². The second kappa shape index (κ2) is 8.38. The Hall–Kier alpha value is -1.93. The van der Waals surface area contributed by atoms with Crippen molar-refractivity contribution in [3.63, 3.8) is 0 Å². The summed E-state index contributed by atoms with van der Waals surface area (Å²) in [5, 5.41) is 19.9. The van der Waals surface area contributed by atoms with E-state index >= 15 is 0 Å². The monoisotopic (exact) mass is 372 g/mol. The number of hydrogen-bond acceptors (Lipinski definition) is 4. The lowest BCUT2D eigenvalue weighted by Gasteiger charge is -2.07. The van der Waals surface area contributed by atoms with Gasteiger partial charge in [-0.15, -0.1) is 0 Å². The lowest BCUT2D eigenvalue weighted by Crippen LogP contribution is -1.94. The SMILES string of the molecule is CC(c1cnc[nH]1)c1cscc1Br.O=C(O)/C=C/C(=O)O. The van der Waals surface area contributed by atoms with Gasteiger partial charge in [-0.2, -0.15) is 11.3 Å². The number of H-pyrrole nitrogens is 1. The molecular formula is C13H13BrN2O4S. The Morgan fingerprint density at radius 3 is 2.33 bits per heavy atom.